The van der Waals surface area contributed by atoms with Gasteiger partial charge >= 0.3 is 5.69 Å². The molecule has 0 saturated heterocycles. The number of nitrogens with zero attached hydrogens (tertiary/aromatic N) is 3. The number of aromatic nitrogens is 2. The molecule has 218 valence electrons. The first-order valence-electron chi connectivity index (χ1n) is 13.9. The van der Waals surface area contributed by atoms with Crippen LogP contribution in [0.4, 0.5) is 11.4 Å². The van der Waals surface area contributed by atoms with E-state index < -0.39 is 4.92 Å². The Morgan fingerprint density at radius 3 is 1.50 bits per heavy atom. The van der Waals surface area contributed by atoms with E-state index in [4.69, 9.17) is 15.2 Å². The Bertz CT molecular complexity index is 1790. The van der Waals surface area contributed by atoms with Crippen LogP contribution in [0.3, 0.4) is 0 Å². The summed E-state index contributed by atoms with van der Waals surface area (Å²) < 4.78 is 11.4. The summed E-state index contributed by atoms with van der Waals surface area (Å²) in [7, 11) is 0. The zero-order valence-corrected chi connectivity index (χ0v) is 23.8. The second-order valence-electron chi connectivity index (χ2n) is 9.71. The minimum Gasteiger partial charge on any atom is -0.487 e. The van der Waals surface area contributed by atoms with E-state index in [1.807, 2.05) is 109 Å². The first-order chi connectivity index (χ1) is 21.6. The lowest BCUT2D eigenvalue weighted by Gasteiger charge is -2.10. The monoisotopic (exact) mass is 582 g/mol. The van der Waals surface area contributed by atoms with Gasteiger partial charge in [0.05, 0.1) is 10.6 Å². The molecular formula is C36H30N4O4. The lowest BCUT2D eigenvalue weighted by Crippen LogP contribution is -1.99. The van der Waals surface area contributed by atoms with Gasteiger partial charge in [-0.25, -0.2) is 0 Å². The molecule has 6 aromatic rings. The number of benzene rings is 4. The van der Waals surface area contributed by atoms with Crippen LogP contribution in [-0.4, -0.2) is 14.9 Å². The number of hydrogen-bond acceptors (Lipinski definition) is 7. The summed E-state index contributed by atoms with van der Waals surface area (Å²) in [4.78, 5) is 18.9. The van der Waals surface area contributed by atoms with Crippen LogP contribution in [0, 0.1) is 10.1 Å². The van der Waals surface area contributed by atoms with E-state index in [-0.39, 0.29) is 18.0 Å². The van der Waals surface area contributed by atoms with Crippen LogP contribution in [0.2, 0.25) is 0 Å². The molecule has 0 aliphatic rings. The lowest BCUT2D eigenvalue weighted by atomic mass is 10.1. The summed E-state index contributed by atoms with van der Waals surface area (Å²) >= 11 is 0. The molecule has 0 aliphatic heterocycles. The predicted molar refractivity (Wildman–Crippen MR) is 172 cm³/mol. The van der Waals surface area contributed by atoms with Crippen LogP contribution in [0.25, 0.3) is 22.3 Å². The van der Waals surface area contributed by atoms with Gasteiger partial charge < -0.3 is 15.2 Å². The minimum atomic E-state index is -0.426. The van der Waals surface area contributed by atoms with Crippen LogP contribution >= 0.6 is 0 Å². The molecule has 0 unspecified atom stereocenters. The molecule has 0 spiro atoms. The van der Waals surface area contributed by atoms with Crippen LogP contribution in [-0.2, 0) is 13.2 Å². The maximum Gasteiger partial charge on any atom is 0.311 e. The third kappa shape index (κ3) is 8.04. The minimum absolute atomic E-state index is 0.0461. The molecule has 0 bridgehead atoms. The van der Waals surface area contributed by atoms with Crippen molar-refractivity contribution in [2.45, 2.75) is 13.2 Å². The van der Waals surface area contributed by atoms with Crippen LogP contribution in [0.5, 0.6) is 11.5 Å². The number of ether oxygens (including phenoxy) is 2. The highest BCUT2D eigenvalue weighted by molar-refractivity contribution is 5.70. The molecule has 0 saturated carbocycles. The maximum absolute atomic E-state index is 11.3. The highest BCUT2D eigenvalue weighted by atomic mass is 16.6. The molecule has 8 nitrogen and oxygen atoms in total. The van der Waals surface area contributed by atoms with E-state index in [9.17, 15) is 10.1 Å². The van der Waals surface area contributed by atoms with Crippen molar-refractivity contribution in [2.75, 3.05) is 5.73 Å². The summed E-state index contributed by atoms with van der Waals surface area (Å²) in [6, 6.07) is 37.9. The molecule has 4 aromatic carbocycles. The third-order valence-electron chi connectivity index (χ3n) is 6.67. The molecule has 0 fully saturated rings. The van der Waals surface area contributed by atoms with Crippen molar-refractivity contribution in [2.24, 2.45) is 0 Å². The molecule has 0 radical (unpaired) electrons. The molecule has 0 aliphatic carbocycles. The lowest BCUT2D eigenvalue weighted by molar-refractivity contribution is -0.385. The van der Waals surface area contributed by atoms with Crippen molar-refractivity contribution < 1.29 is 14.4 Å². The summed E-state index contributed by atoms with van der Waals surface area (Å²) in [5.74, 6) is 0.966. The Balaban J connectivity index is 0.000000175. The molecule has 6 rings (SSSR count). The highest BCUT2D eigenvalue weighted by Gasteiger charge is 2.17. The smallest absolute Gasteiger partial charge is 0.311 e. The molecule has 8 heteroatoms. The second kappa shape index (κ2) is 14.7. The Morgan fingerprint density at radius 2 is 1.02 bits per heavy atom. The highest BCUT2D eigenvalue weighted by Crippen LogP contribution is 2.33. The first-order valence-corrected chi connectivity index (χ1v) is 13.9. The Morgan fingerprint density at radius 1 is 0.568 bits per heavy atom. The van der Waals surface area contributed by atoms with Gasteiger partial charge in [0.1, 0.15) is 19.0 Å². The van der Waals surface area contributed by atoms with Crippen molar-refractivity contribution in [3.05, 3.63) is 167 Å². The number of hydrogen-bond donors (Lipinski definition) is 1. The average molecular weight is 583 g/mol. The van der Waals surface area contributed by atoms with Gasteiger partial charge in [0, 0.05) is 30.9 Å². The van der Waals surface area contributed by atoms with Crippen molar-refractivity contribution in [1.29, 1.82) is 0 Å². The predicted octanol–water partition coefficient (Wildman–Crippen LogP) is 8.15. The normalized spacial score (nSPS) is 10.3. The number of nitro groups is 1. The van der Waals surface area contributed by atoms with Crippen LogP contribution in [0.15, 0.2) is 146 Å². The summed E-state index contributed by atoms with van der Waals surface area (Å²) in [5, 5.41) is 11.3. The zero-order chi connectivity index (χ0) is 30.6. The van der Waals surface area contributed by atoms with E-state index in [1.54, 1.807) is 30.9 Å². The van der Waals surface area contributed by atoms with Gasteiger partial charge in [-0.05, 0) is 75.8 Å². The van der Waals surface area contributed by atoms with Gasteiger partial charge in [0.15, 0.2) is 5.75 Å². The van der Waals surface area contributed by atoms with E-state index in [0.29, 0.717) is 18.0 Å². The second-order valence-corrected chi connectivity index (χ2v) is 9.71. The quantitative estimate of drug-likeness (QED) is 0.104. The first kappa shape index (κ1) is 29.5. The largest absolute Gasteiger partial charge is 0.487 e. The summed E-state index contributed by atoms with van der Waals surface area (Å²) in [6.07, 6.45) is 6.85. The average Bonchev–Trinajstić information content (AvgIpc) is 3.08. The van der Waals surface area contributed by atoms with E-state index in [2.05, 4.69) is 9.97 Å². The molecular weight excluding hydrogens is 552 g/mol. The van der Waals surface area contributed by atoms with Crippen molar-refractivity contribution in [3.63, 3.8) is 0 Å². The molecule has 0 amide bonds. The number of anilines is 1. The topological polar surface area (TPSA) is 113 Å². The number of rotatable bonds is 9. The van der Waals surface area contributed by atoms with Crippen LogP contribution < -0.4 is 15.2 Å². The fraction of sp³-hybridized carbons (Fsp3) is 0.0556. The Kier molecular flexibility index (Phi) is 9.88. The molecule has 2 aromatic heterocycles. The third-order valence-corrected chi connectivity index (χ3v) is 6.67. The van der Waals surface area contributed by atoms with E-state index in [1.165, 1.54) is 6.07 Å². The van der Waals surface area contributed by atoms with Gasteiger partial charge in [-0.3, -0.25) is 20.1 Å². The van der Waals surface area contributed by atoms with Gasteiger partial charge in [-0.2, -0.15) is 0 Å². The molecule has 0 atom stereocenters. The number of nitro benzene ring substituents is 1. The fourth-order valence-corrected chi connectivity index (χ4v) is 4.38. The van der Waals surface area contributed by atoms with E-state index in [0.717, 1.165) is 33.4 Å². The SMILES string of the molecule is Nc1cc(-c2ccncc2)ccc1OCc1ccccc1.O=[N+]([O-])c1cc(-c2ccncc2)ccc1OCc1ccccc1. The van der Waals surface area contributed by atoms with Gasteiger partial charge in [-0.15, -0.1) is 0 Å². The molecule has 2 N–H and O–H groups in total. The summed E-state index contributed by atoms with van der Waals surface area (Å²) in [5.41, 5.74) is 12.5. The summed E-state index contributed by atoms with van der Waals surface area (Å²) in [6.45, 7) is 0.802. The van der Waals surface area contributed by atoms with Crippen molar-refractivity contribution >= 4 is 11.4 Å². The van der Waals surface area contributed by atoms with Gasteiger partial charge in [-0.1, -0.05) is 72.8 Å². The maximum atomic E-state index is 11.3. The van der Waals surface area contributed by atoms with Gasteiger partial charge in [0.25, 0.3) is 0 Å². The Labute approximate surface area is 255 Å². The van der Waals surface area contributed by atoms with Crippen molar-refractivity contribution in [3.8, 4) is 33.8 Å². The Hall–Kier alpha value is -6.02. The van der Waals surface area contributed by atoms with Gasteiger partial charge in [0.2, 0.25) is 0 Å². The van der Waals surface area contributed by atoms with E-state index >= 15 is 0 Å². The number of nitrogens with two attached hydrogens (primary N) is 1. The standard InChI is InChI=1S/C18H14N2O3.C18H16N2O/c21-20(22)17-12-16(15-8-10-19-11-9-15)6-7-18(17)23-13-14-4-2-1-3-5-14;19-17-12-16(15-8-10-20-11-9-15)6-7-18(17)21-13-14-4-2-1-3-5-14/h1-12H,13H2;1-12H,13,19H2. The van der Waals surface area contributed by atoms with Crippen molar-refractivity contribution in [1.82, 2.24) is 9.97 Å². The number of pyridine rings is 2. The molecule has 44 heavy (non-hydrogen) atoms. The zero-order valence-electron chi connectivity index (χ0n) is 23.8. The number of nitrogen functional groups attached to an aromatic ring is 1. The fourth-order valence-electron chi connectivity index (χ4n) is 4.38. The van der Waals surface area contributed by atoms with Crippen LogP contribution in [0.1, 0.15) is 11.1 Å². The molecule has 2 heterocycles.